The molecular formula is C25H29N3O2S. The standard InChI is InChI=1S/C25H29N3O2S/c1-19(26-2)24(29)27-22-13-14-23(21-11-7-4-8-12-21)28(25(22)30)16-18-31-17-15-20-9-5-3-6-10-20/h3-14,19,26H,15-18H2,1-2H3,(H,27,29). The lowest BCUT2D eigenvalue weighted by Gasteiger charge is -2.16. The van der Waals surface area contributed by atoms with Crippen molar-refractivity contribution in [3.63, 3.8) is 0 Å². The lowest BCUT2D eigenvalue weighted by molar-refractivity contribution is -0.117. The minimum Gasteiger partial charge on any atom is -0.320 e. The van der Waals surface area contributed by atoms with Crippen LogP contribution in [0.3, 0.4) is 0 Å². The number of likely N-dealkylation sites (N-methyl/N-ethyl adjacent to an activating group) is 1. The number of carbonyl (C=O) groups is 1. The van der Waals surface area contributed by atoms with Crippen molar-refractivity contribution in [3.05, 3.63) is 88.7 Å². The van der Waals surface area contributed by atoms with Crippen LogP contribution in [0.5, 0.6) is 0 Å². The van der Waals surface area contributed by atoms with Gasteiger partial charge in [-0.05, 0) is 49.4 Å². The number of aryl methyl sites for hydroxylation is 1. The molecule has 0 aliphatic heterocycles. The first-order valence-corrected chi connectivity index (χ1v) is 11.6. The van der Waals surface area contributed by atoms with Gasteiger partial charge >= 0.3 is 0 Å². The highest BCUT2D eigenvalue weighted by Crippen LogP contribution is 2.20. The summed E-state index contributed by atoms with van der Waals surface area (Å²) in [4.78, 5) is 25.5. The smallest absolute Gasteiger partial charge is 0.274 e. The lowest BCUT2D eigenvalue weighted by atomic mass is 10.1. The van der Waals surface area contributed by atoms with Crippen molar-refractivity contribution in [1.82, 2.24) is 9.88 Å². The summed E-state index contributed by atoms with van der Waals surface area (Å²) >= 11 is 1.83. The molecule has 1 heterocycles. The fourth-order valence-electron chi connectivity index (χ4n) is 3.22. The van der Waals surface area contributed by atoms with Gasteiger partial charge in [0, 0.05) is 12.3 Å². The second-order valence-corrected chi connectivity index (χ2v) is 8.53. The van der Waals surface area contributed by atoms with Crippen LogP contribution < -0.4 is 16.2 Å². The lowest BCUT2D eigenvalue weighted by Crippen LogP contribution is -2.37. The maximum absolute atomic E-state index is 13.2. The van der Waals surface area contributed by atoms with Crippen molar-refractivity contribution in [2.45, 2.75) is 25.9 Å². The molecule has 1 aromatic heterocycles. The van der Waals surface area contributed by atoms with Gasteiger partial charge in [0.2, 0.25) is 5.91 Å². The van der Waals surface area contributed by atoms with Crippen LogP contribution in [-0.4, -0.2) is 35.1 Å². The molecule has 2 N–H and O–H groups in total. The molecule has 2 aromatic carbocycles. The van der Waals surface area contributed by atoms with Crippen LogP contribution >= 0.6 is 11.8 Å². The maximum Gasteiger partial charge on any atom is 0.274 e. The molecule has 6 heteroatoms. The molecule has 5 nitrogen and oxygen atoms in total. The van der Waals surface area contributed by atoms with Crippen LogP contribution in [0.2, 0.25) is 0 Å². The largest absolute Gasteiger partial charge is 0.320 e. The van der Waals surface area contributed by atoms with Gasteiger partial charge in [0.1, 0.15) is 5.69 Å². The van der Waals surface area contributed by atoms with Gasteiger partial charge in [0.15, 0.2) is 0 Å². The summed E-state index contributed by atoms with van der Waals surface area (Å²) in [7, 11) is 1.72. The van der Waals surface area contributed by atoms with Gasteiger partial charge in [-0.1, -0.05) is 60.7 Å². The number of nitrogens with one attached hydrogen (secondary N) is 2. The van der Waals surface area contributed by atoms with E-state index in [1.165, 1.54) is 5.56 Å². The molecule has 1 unspecified atom stereocenters. The maximum atomic E-state index is 13.2. The van der Waals surface area contributed by atoms with E-state index < -0.39 is 0 Å². The van der Waals surface area contributed by atoms with Gasteiger partial charge in [-0.3, -0.25) is 9.59 Å². The molecule has 0 saturated heterocycles. The van der Waals surface area contributed by atoms with E-state index in [1.807, 2.05) is 54.2 Å². The first-order chi connectivity index (χ1) is 15.1. The molecule has 0 fully saturated rings. The van der Waals surface area contributed by atoms with Crippen molar-refractivity contribution in [1.29, 1.82) is 0 Å². The Morgan fingerprint density at radius 1 is 0.968 bits per heavy atom. The Bertz CT molecular complexity index is 1040. The summed E-state index contributed by atoms with van der Waals surface area (Å²) in [6.07, 6.45) is 1.00. The zero-order valence-corrected chi connectivity index (χ0v) is 18.8. The zero-order chi connectivity index (χ0) is 22.1. The summed E-state index contributed by atoms with van der Waals surface area (Å²) in [5.41, 5.74) is 3.28. The highest BCUT2D eigenvalue weighted by atomic mass is 32.2. The number of benzene rings is 2. The molecule has 0 saturated carbocycles. The van der Waals surface area contributed by atoms with E-state index >= 15 is 0 Å². The molecule has 0 aliphatic carbocycles. The molecule has 0 spiro atoms. The molecule has 31 heavy (non-hydrogen) atoms. The van der Waals surface area contributed by atoms with E-state index in [0.717, 1.165) is 29.2 Å². The number of hydrogen-bond donors (Lipinski definition) is 2. The summed E-state index contributed by atoms with van der Waals surface area (Å²) in [6, 6.07) is 23.5. The first kappa shape index (κ1) is 22.8. The van der Waals surface area contributed by atoms with Crippen molar-refractivity contribution in [2.75, 3.05) is 23.9 Å². The van der Waals surface area contributed by atoms with Gasteiger partial charge in [-0.15, -0.1) is 0 Å². The minimum atomic E-state index is -0.379. The Hall–Kier alpha value is -2.83. The Morgan fingerprint density at radius 2 is 1.65 bits per heavy atom. The van der Waals surface area contributed by atoms with E-state index in [2.05, 4.69) is 34.9 Å². The second-order valence-electron chi connectivity index (χ2n) is 7.30. The quantitative estimate of drug-likeness (QED) is 0.472. The van der Waals surface area contributed by atoms with Gasteiger partial charge < -0.3 is 15.2 Å². The Kier molecular flexibility index (Phi) is 8.50. The van der Waals surface area contributed by atoms with E-state index in [0.29, 0.717) is 12.2 Å². The topological polar surface area (TPSA) is 63.1 Å². The van der Waals surface area contributed by atoms with Gasteiger partial charge in [0.05, 0.1) is 11.7 Å². The van der Waals surface area contributed by atoms with Crippen LogP contribution in [0.25, 0.3) is 11.3 Å². The average molecular weight is 436 g/mol. The molecule has 0 bridgehead atoms. The monoisotopic (exact) mass is 435 g/mol. The Labute approximate surface area is 187 Å². The summed E-state index contributed by atoms with van der Waals surface area (Å²) < 4.78 is 1.77. The summed E-state index contributed by atoms with van der Waals surface area (Å²) in [5, 5.41) is 5.66. The number of amides is 1. The predicted molar refractivity (Wildman–Crippen MR) is 131 cm³/mol. The van der Waals surface area contributed by atoms with E-state index in [-0.39, 0.29) is 17.5 Å². The minimum absolute atomic E-state index is 0.179. The predicted octanol–water partition coefficient (Wildman–Crippen LogP) is 4.04. The normalized spacial score (nSPS) is 11.8. The van der Waals surface area contributed by atoms with Crippen molar-refractivity contribution in [2.24, 2.45) is 0 Å². The zero-order valence-electron chi connectivity index (χ0n) is 18.0. The summed E-state index contributed by atoms with van der Waals surface area (Å²) in [6.45, 7) is 2.34. The fraction of sp³-hybridized carbons (Fsp3) is 0.280. The van der Waals surface area contributed by atoms with E-state index in [4.69, 9.17) is 0 Å². The third kappa shape index (κ3) is 6.32. The Morgan fingerprint density at radius 3 is 2.32 bits per heavy atom. The number of carbonyl (C=O) groups excluding carboxylic acids is 1. The number of hydrogen-bond acceptors (Lipinski definition) is 4. The van der Waals surface area contributed by atoms with Crippen LogP contribution in [0.15, 0.2) is 77.6 Å². The molecule has 0 radical (unpaired) electrons. The van der Waals surface area contributed by atoms with Crippen LogP contribution in [0.4, 0.5) is 5.69 Å². The van der Waals surface area contributed by atoms with Crippen molar-refractivity contribution < 1.29 is 4.79 Å². The van der Waals surface area contributed by atoms with Crippen LogP contribution in [0, 0.1) is 0 Å². The van der Waals surface area contributed by atoms with Gasteiger partial charge in [-0.2, -0.15) is 11.8 Å². The third-order valence-corrected chi connectivity index (χ3v) is 6.13. The number of pyridine rings is 1. The third-order valence-electron chi connectivity index (χ3n) is 5.17. The second kappa shape index (κ2) is 11.5. The van der Waals surface area contributed by atoms with E-state index in [1.54, 1.807) is 24.6 Å². The molecule has 1 amide bonds. The Balaban J connectivity index is 1.75. The van der Waals surface area contributed by atoms with Crippen LogP contribution in [0.1, 0.15) is 12.5 Å². The number of thioether (sulfide) groups is 1. The molecule has 3 rings (SSSR count). The fourth-order valence-corrected chi connectivity index (χ4v) is 4.12. The molecule has 162 valence electrons. The number of nitrogens with zero attached hydrogens (tertiary/aromatic N) is 1. The van der Waals surface area contributed by atoms with Gasteiger partial charge in [-0.25, -0.2) is 0 Å². The number of anilines is 1. The SMILES string of the molecule is CNC(C)C(=O)Nc1ccc(-c2ccccc2)n(CCSCCc2ccccc2)c1=O. The van der Waals surface area contributed by atoms with E-state index in [9.17, 15) is 9.59 Å². The summed E-state index contributed by atoms with van der Waals surface area (Å²) in [5.74, 6) is 1.59. The number of rotatable bonds is 10. The van der Waals surface area contributed by atoms with Crippen molar-refractivity contribution in [3.8, 4) is 11.3 Å². The molecule has 3 aromatic rings. The number of aromatic nitrogens is 1. The highest BCUT2D eigenvalue weighted by molar-refractivity contribution is 7.99. The molecule has 0 aliphatic rings. The molecule has 1 atom stereocenters. The highest BCUT2D eigenvalue weighted by Gasteiger charge is 2.15. The first-order valence-electron chi connectivity index (χ1n) is 10.5. The van der Waals surface area contributed by atoms with Crippen molar-refractivity contribution >= 4 is 23.4 Å². The van der Waals surface area contributed by atoms with Crippen LogP contribution in [-0.2, 0) is 17.8 Å². The average Bonchev–Trinajstić information content (AvgIpc) is 2.81. The molecular weight excluding hydrogens is 406 g/mol. The van der Waals surface area contributed by atoms with Gasteiger partial charge in [0.25, 0.3) is 5.56 Å².